The van der Waals surface area contributed by atoms with Crippen LogP contribution in [0.1, 0.15) is 27.2 Å². The van der Waals surface area contributed by atoms with Crippen molar-refractivity contribution < 1.29 is 8.42 Å². The van der Waals surface area contributed by atoms with Crippen LogP contribution in [0.5, 0.6) is 0 Å². The van der Waals surface area contributed by atoms with Crippen LogP contribution in [-0.2, 0) is 9.84 Å². The average Bonchev–Trinajstić information content (AvgIpc) is 2.88. The molecule has 1 aliphatic heterocycles. The lowest BCUT2D eigenvalue weighted by Gasteiger charge is -2.24. The molecule has 140 valence electrons. The van der Waals surface area contributed by atoms with Gasteiger partial charge in [-0.3, -0.25) is 0 Å². The van der Waals surface area contributed by atoms with Gasteiger partial charge in [0.1, 0.15) is 0 Å². The van der Waals surface area contributed by atoms with Gasteiger partial charge in [0.05, 0.1) is 16.6 Å². The average molecular weight is 375 g/mol. The maximum Gasteiger partial charge on any atom is 0.200 e. The molecule has 2 aromatic heterocycles. The molecular weight excluding hydrogens is 350 g/mol. The predicted molar refractivity (Wildman–Crippen MR) is 102 cm³/mol. The largest absolute Gasteiger partial charge is 0.368 e. The van der Waals surface area contributed by atoms with Crippen molar-refractivity contribution in [3.63, 3.8) is 0 Å². The molecule has 2 aromatic rings. The maximum atomic E-state index is 12.5. The van der Waals surface area contributed by atoms with Gasteiger partial charge in [-0.25, -0.2) is 13.4 Å². The first-order chi connectivity index (χ1) is 12.3. The zero-order chi connectivity index (χ0) is 18.8. The van der Waals surface area contributed by atoms with E-state index < -0.39 is 14.6 Å². The molecule has 0 N–H and O–H groups in total. The highest BCUT2D eigenvalue weighted by Gasteiger charge is 2.32. The zero-order valence-corrected chi connectivity index (χ0v) is 16.3. The minimum absolute atomic E-state index is 0.129. The standard InChI is InChI=1S/C18H25N5O2S/c1-18(2,3)26(24,25)17-8-7-15(14-19-17)22-10-5-11-23(13-12-22)16-6-4-9-20-21-16/h4,6-9,14H,5,10-13H2,1-3H3. The van der Waals surface area contributed by atoms with Gasteiger partial charge in [0.25, 0.3) is 0 Å². The third kappa shape index (κ3) is 3.80. The Morgan fingerprint density at radius 3 is 2.35 bits per heavy atom. The number of rotatable bonds is 3. The fourth-order valence-electron chi connectivity index (χ4n) is 2.90. The Morgan fingerprint density at radius 2 is 1.73 bits per heavy atom. The first-order valence-corrected chi connectivity index (χ1v) is 10.3. The third-order valence-corrected chi connectivity index (χ3v) is 6.95. The smallest absolute Gasteiger partial charge is 0.200 e. The molecule has 0 radical (unpaired) electrons. The molecule has 7 nitrogen and oxygen atoms in total. The van der Waals surface area contributed by atoms with Gasteiger partial charge in [-0.05, 0) is 51.5 Å². The summed E-state index contributed by atoms with van der Waals surface area (Å²) in [4.78, 5) is 8.69. The summed E-state index contributed by atoms with van der Waals surface area (Å²) in [6, 6.07) is 7.32. The Kier molecular flexibility index (Phi) is 5.13. The first kappa shape index (κ1) is 18.6. The van der Waals surface area contributed by atoms with Crippen molar-refractivity contribution in [2.45, 2.75) is 37.0 Å². The number of hydrogen-bond acceptors (Lipinski definition) is 7. The molecule has 0 spiro atoms. The van der Waals surface area contributed by atoms with Gasteiger partial charge < -0.3 is 9.80 Å². The minimum Gasteiger partial charge on any atom is -0.368 e. The van der Waals surface area contributed by atoms with E-state index in [4.69, 9.17) is 0 Å². The molecule has 0 amide bonds. The molecule has 0 atom stereocenters. The molecule has 1 saturated heterocycles. The summed E-state index contributed by atoms with van der Waals surface area (Å²) < 4.78 is 24.1. The van der Waals surface area contributed by atoms with E-state index in [1.54, 1.807) is 39.2 Å². The number of aromatic nitrogens is 3. The molecule has 3 heterocycles. The molecule has 3 rings (SSSR count). The van der Waals surface area contributed by atoms with Crippen molar-refractivity contribution in [3.8, 4) is 0 Å². The summed E-state index contributed by atoms with van der Waals surface area (Å²) >= 11 is 0. The van der Waals surface area contributed by atoms with E-state index in [0.717, 1.165) is 44.1 Å². The Morgan fingerprint density at radius 1 is 1.00 bits per heavy atom. The van der Waals surface area contributed by atoms with Gasteiger partial charge in [-0.2, -0.15) is 5.10 Å². The molecule has 1 aliphatic rings. The zero-order valence-electron chi connectivity index (χ0n) is 15.5. The SMILES string of the molecule is CC(C)(C)S(=O)(=O)c1ccc(N2CCCN(c3cccnn3)CC2)cn1. The normalized spacial score (nSPS) is 16.4. The Balaban J connectivity index is 1.72. The molecular formula is C18H25N5O2S. The van der Waals surface area contributed by atoms with Gasteiger partial charge in [-0.1, -0.05) is 0 Å². The Hall–Kier alpha value is -2.22. The van der Waals surface area contributed by atoms with E-state index in [-0.39, 0.29) is 5.03 Å². The summed E-state index contributed by atoms with van der Waals surface area (Å²) in [6.07, 6.45) is 4.32. The van der Waals surface area contributed by atoms with Crippen LogP contribution in [0.2, 0.25) is 0 Å². The van der Waals surface area contributed by atoms with Gasteiger partial charge in [0.2, 0.25) is 0 Å². The van der Waals surface area contributed by atoms with Gasteiger partial charge >= 0.3 is 0 Å². The second-order valence-electron chi connectivity index (χ2n) is 7.38. The second-order valence-corrected chi connectivity index (χ2v) is 10.0. The minimum atomic E-state index is -3.43. The number of pyridine rings is 1. The summed E-state index contributed by atoms with van der Waals surface area (Å²) in [6.45, 7) is 8.53. The fourth-order valence-corrected chi connectivity index (χ4v) is 3.97. The molecule has 0 unspecified atom stereocenters. The van der Waals surface area contributed by atoms with Gasteiger partial charge in [0, 0.05) is 32.4 Å². The topological polar surface area (TPSA) is 79.3 Å². The first-order valence-electron chi connectivity index (χ1n) is 8.77. The van der Waals surface area contributed by atoms with E-state index in [1.807, 2.05) is 18.2 Å². The van der Waals surface area contributed by atoms with Crippen LogP contribution in [0.15, 0.2) is 41.7 Å². The molecule has 0 aliphatic carbocycles. The lowest BCUT2D eigenvalue weighted by molar-refractivity contribution is 0.556. The summed E-state index contributed by atoms with van der Waals surface area (Å²) in [5.41, 5.74) is 0.943. The maximum absolute atomic E-state index is 12.5. The monoisotopic (exact) mass is 375 g/mol. The Bertz CT molecular complexity index is 832. The number of nitrogens with zero attached hydrogens (tertiary/aromatic N) is 5. The van der Waals surface area contributed by atoms with E-state index in [2.05, 4.69) is 25.0 Å². The van der Waals surface area contributed by atoms with Crippen molar-refractivity contribution in [1.29, 1.82) is 0 Å². The van der Waals surface area contributed by atoms with Crippen molar-refractivity contribution in [1.82, 2.24) is 15.2 Å². The number of sulfone groups is 1. The van der Waals surface area contributed by atoms with Crippen molar-refractivity contribution in [2.75, 3.05) is 36.0 Å². The number of hydrogen-bond donors (Lipinski definition) is 0. The van der Waals surface area contributed by atoms with Gasteiger partial charge in [-0.15, -0.1) is 5.10 Å². The fraction of sp³-hybridized carbons (Fsp3) is 0.500. The van der Waals surface area contributed by atoms with Crippen LogP contribution in [0.4, 0.5) is 11.5 Å². The van der Waals surface area contributed by atoms with Crippen molar-refractivity contribution in [2.24, 2.45) is 0 Å². The van der Waals surface area contributed by atoms with Crippen LogP contribution >= 0.6 is 0 Å². The van der Waals surface area contributed by atoms with E-state index in [1.165, 1.54) is 0 Å². The Labute approximate surface area is 155 Å². The summed E-state index contributed by atoms with van der Waals surface area (Å²) in [5.74, 6) is 0.888. The van der Waals surface area contributed by atoms with Crippen LogP contribution in [0.3, 0.4) is 0 Å². The molecule has 0 aromatic carbocycles. The van der Waals surface area contributed by atoms with Crippen LogP contribution in [-0.4, -0.2) is 54.5 Å². The molecule has 1 fully saturated rings. The van der Waals surface area contributed by atoms with Crippen molar-refractivity contribution >= 4 is 21.3 Å². The highest BCUT2D eigenvalue weighted by molar-refractivity contribution is 7.92. The van der Waals surface area contributed by atoms with Gasteiger partial charge in [0.15, 0.2) is 20.7 Å². The van der Waals surface area contributed by atoms with E-state index in [9.17, 15) is 8.42 Å². The lowest BCUT2D eigenvalue weighted by Crippen LogP contribution is -2.31. The molecule has 8 heteroatoms. The molecule has 26 heavy (non-hydrogen) atoms. The molecule has 0 saturated carbocycles. The van der Waals surface area contributed by atoms with E-state index >= 15 is 0 Å². The summed E-state index contributed by atoms with van der Waals surface area (Å²) in [7, 11) is -3.43. The predicted octanol–water partition coefficient (Wildman–Crippen LogP) is 2.16. The summed E-state index contributed by atoms with van der Waals surface area (Å²) in [5, 5.41) is 8.26. The highest BCUT2D eigenvalue weighted by atomic mass is 32.2. The third-order valence-electron chi connectivity index (χ3n) is 4.55. The van der Waals surface area contributed by atoms with E-state index in [0.29, 0.717) is 0 Å². The van der Waals surface area contributed by atoms with Crippen LogP contribution < -0.4 is 9.80 Å². The quantitative estimate of drug-likeness (QED) is 0.813. The van der Waals surface area contributed by atoms with Crippen molar-refractivity contribution in [3.05, 3.63) is 36.7 Å². The number of anilines is 2. The highest BCUT2D eigenvalue weighted by Crippen LogP contribution is 2.25. The second kappa shape index (κ2) is 7.19. The lowest BCUT2D eigenvalue weighted by atomic mass is 10.3. The van der Waals surface area contributed by atoms with Crippen LogP contribution in [0, 0.1) is 0 Å². The van der Waals surface area contributed by atoms with Crippen LogP contribution in [0.25, 0.3) is 0 Å². The molecule has 0 bridgehead atoms.